The van der Waals surface area contributed by atoms with E-state index in [2.05, 4.69) is 15.1 Å². The summed E-state index contributed by atoms with van der Waals surface area (Å²) < 4.78 is 41.7. The van der Waals surface area contributed by atoms with Gasteiger partial charge in [0.05, 0.1) is 6.61 Å². The molecule has 0 saturated heterocycles. The Morgan fingerprint density at radius 2 is 2.07 bits per heavy atom. The van der Waals surface area contributed by atoms with Crippen LogP contribution in [0, 0.1) is 5.92 Å². The Bertz CT molecular complexity index is 930. The number of hydrogen-bond donors (Lipinski definition) is 0. The molecule has 150 valence electrons. The smallest absolute Gasteiger partial charge is 0.350 e. The zero-order chi connectivity index (χ0) is 20.5. The van der Waals surface area contributed by atoms with E-state index in [9.17, 15) is 14.4 Å². The molecule has 3 rings (SSSR count). The van der Waals surface area contributed by atoms with Crippen molar-refractivity contribution in [2.45, 2.75) is 38.3 Å². The zero-order valence-electron chi connectivity index (χ0n) is 15.0. The fraction of sp³-hybridized carbons (Fsp3) is 0.500. The van der Waals surface area contributed by atoms with Crippen LogP contribution in [0.3, 0.4) is 0 Å². The second-order valence-corrected chi connectivity index (χ2v) is 6.33. The molecular formula is C16H17F2N5O5. The minimum Gasteiger partial charge on any atom is -0.465 e. The van der Waals surface area contributed by atoms with Gasteiger partial charge in [-0.15, -0.1) is 0 Å². The highest BCUT2D eigenvalue weighted by Crippen LogP contribution is 2.48. The van der Waals surface area contributed by atoms with E-state index in [0.29, 0.717) is 0 Å². The molecule has 0 amide bonds. The molecule has 10 nitrogen and oxygen atoms in total. The summed E-state index contributed by atoms with van der Waals surface area (Å²) in [5.74, 6) is -5.98. The van der Waals surface area contributed by atoms with Crippen molar-refractivity contribution in [3.05, 3.63) is 35.4 Å². The molecule has 1 aliphatic carbocycles. The molecule has 0 spiro atoms. The number of carbonyl (C=O) groups excluding carboxylic acids is 2. The van der Waals surface area contributed by atoms with Gasteiger partial charge in [-0.25, -0.2) is 23.2 Å². The summed E-state index contributed by atoms with van der Waals surface area (Å²) in [7, 11) is 0. The molecule has 0 unspecified atom stereocenters. The lowest BCUT2D eigenvalue weighted by molar-refractivity contribution is -0.177. The number of nitrogens with zero attached hydrogens (tertiary/aromatic N) is 5. The Morgan fingerprint density at radius 1 is 1.32 bits per heavy atom. The highest BCUT2D eigenvalue weighted by molar-refractivity contribution is 5.66. The maximum absolute atomic E-state index is 15.0. The third kappa shape index (κ3) is 3.75. The van der Waals surface area contributed by atoms with Crippen LogP contribution in [-0.4, -0.2) is 54.9 Å². The van der Waals surface area contributed by atoms with Gasteiger partial charge in [-0.1, -0.05) is 0 Å². The minimum absolute atomic E-state index is 0.119. The normalized spacial score (nSPS) is 23.4. The molecule has 28 heavy (non-hydrogen) atoms. The molecule has 1 fully saturated rings. The van der Waals surface area contributed by atoms with Gasteiger partial charge in [0, 0.05) is 26.0 Å². The van der Waals surface area contributed by atoms with Crippen molar-refractivity contribution in [3.63, 3.8) is 0 Å². The Morgan fingerprint density at radius 3 is 2.64 bits per heavy atom. The summed E-state index contributed by atoms with van der Waals surface area (Å²) in [6.07, 6.45) is 1.63. The number of carbonyl (C=O) groups is 2. The Hall–Kier alpha value is -3.18. The predicted molar refractivity (Wildman–Crippen MR) is 87.7 cm³/mol. The summed E-state index contributed by atoms with van der Waals surface area (Å²) in [5, 5.41) is 3.82. The lowest BCUT2D eigenvalue weighted by atomic mass is 10.1. The van der Waals surface area contributed by atoms with Crippen LogP contribution < -0.4 is 5.69 Å². The summed E-state index contributed by atoms with van der Waals surface area (Å²) in [6, 6.07) is -0.283. The first kappa shape index (κ1) is 19.6. The molecule has 0 N–H and O–H groups in total. The highest BCUT2D eigenvalue weighted by atomic mass is 19.3. The molecule has 0 radical (unpaired) electrons. The van der Waals surface area contributed by atoms with Crippen molar-refractivity contribution in [1.82, 2.24) is 24.3 Å². The number of alkyl halides is 2. The van der Waals surface area contributed by atoms with Crippen LogP contribution in [0.1, 0.15) is 26.3 Å². The number of esters is 2. The number of hydrogen-bond acceptors (Lipinski definition) is 8. The van der Waals surface area contributed by atoms with E-state index in [4.69, 9.17) is 9.47 Å². The first-order valence-electron chi connectivity index (χ1n) is 8.32. The molecule has 0 bridgehead atoms. The van der Waals surface area contributed by atoms with Crippen molar-refractivity contribution >= 4 is 11.9 Å². The van der Waals surface area contributed by atoms with Crippen LogP contribution in [0.25, 0.3) is 5.82 Å². The van der Waals surface area contributed by atoms with Crippen LogP contribution in [0.5, 0.6) is 0 Å². The predicted octanol–water partition coefficient (Wildman–Crippen LogP) is 0.515. The first-order chi connectivity index (χ1) is 13.2. The van der Waals surface area contributed by atoms with Crippen LogP contribution in [0.15, 0.2) is 29.7 Å². The Kier molecular flexibility index (Phi) is 5.21. The van der Waals surface area contributed by atoms with Gasteiger partial charge in [0.15, 0.2) is 11.9 Å². The van der Waals surface area contributed by atoms with Gasteiger partial charge in [0.1, 0.15) is 18.7 Å². The SMILES string of the molecule is CC(=O)OC[C@H]1C[C@@H](n2ccc(-n3cncn3)nc2=O)C(F)(F)[C@@H]1OC(C)=O. The van der Waals surface area contributed by atoms with Crippen molar-refractivity contribution in [2.24, 2.45) is 5.92 Å². The van der Waals surface area contributed by atoms with Crippen LogP contribution in [-0.2, 0) is 19.1 Å². The second-order valence-electron chi connectivity index (χ2n) is 6.33. The topological polar surface area (TPSA) is 118 Å². The number of rotatable bonds is 5. The van der Waals surface area contributed by atoms with Crippen LogP contribution >= 0.6 is 0 Å². The maximum Gasteiger partial charge on any atom is 0.350 e. The van der Waals surface area contributed by atoms with Crippen molar-refractivity contribution < 1.29 is 27.8 Å². The highest BCUT2D eigenvalue weighted by Gasteiger charge is 2.60. The van der Waals surface area contributed by atoms with E-state index < -0.39 is 41.6 Å². The summed E-state index contributed by atoms with van der Waals surface area (Å²) in [4.78, 5) is 42.2. The van der Waals surface area contributed by atoms with E-state index >= 15 is 8.78 Å². The van der Waals surface area contributed by atoms with Gasteiger partial charge in [-0.05, 0) is 12.5 Å². The fourth-order valence-electron chi connectivity index (χ4n) is 3.20. The van der Waals surface area contributed by atoms with Gasteiger partial charge in [0.25, 0.3) is 0 Å². The molecule has 1 aliphatic rings. The average molecular weight is 397 g/mol. The molecule has 0 aliphatic heterocycles. The van der Waals surface area contributed by atoms with Gasteiger partial charge in [-0.3, -0.25) is 14.2 Å². The molecule has 2 aromatic rings. The largest absolute Gasteiger partial charge is 0.465 e. The molecule has 3 atom stereocenters. The molecular weight excluding hydrogens is 380 g/mol. The van der Waals surface area contributed by atoms with E-state index in [0.717, 1.165) is 18.4 Å². The second kappa shape index (κ2) is 7.44. The Balaban J connectivity index is 1.93. The number of ether oxygens (including phenoxy) is 2. The van der Waals surface area contributed by atoms with Gasteiger partial charge in [-0.2, -0.15) is 10.1 Å². The van der Waals surface area contributed by atoms with Crippen molar-refractivity contribution in [2.75, 3.05) is 6.61 Å². The molecule has 2 heterocycles. The molecule has 12 heteroatoms. The first-order valence-corrected chi connectivity index (χ1v) is 8.32. The zero-order valence-corrected chi connectivity index (χ0v) is 15.0. The van der Waals surface area contributed by atoms with Gasteiger partial charge in [0.2, 0.25) is 0 Å². The lowest BCUT2D eigenvalue weighted by Crippen LogP contribution is -2.43. The standard InChI is InChI=1S/C16H17F2N5O5/c1-9(24)27-6-11-5-12(16(17,18)14(11)28-10(2)25)22-4-3-13(21-15(22)26)23-8-19-7-20-23/h3-4,7-8,11-12,14H,5-6H2,1-2H3/t11-,12-,14-/m1/s1. The lowest BCUT2D eigenvalue weighted by Gasteiger charge is -2.26. The third-order valence-electron chi connectivity index (χ3n) is 4.38. The average Bonchev–Trinajstić information content (AvgIpc) is 3.21. The van der Waals surface area contributed by atoms with E-state index in [1.807, 2.05) is 0 Å². The van der Waals surface area contributed by atoms with E-state index in [-0.39, 0.29) is 18.8 Å². The number of aromatic nitrogens is 5. The monoisotopic (exact) mass is 397 g/mol. The van der Waals surface area contributed by atoms with Gasteiger partial charge < -0.3 is 9.47 Å². The fourth-order valence-corrected chi connectivity index (χ4v) is 3.20. The van der Waals surface area contributed by atoms with Gasteiger partial charge >= 0.3 is 23.6 Å². The molecule has 1 saturated carbocycles. The summed E-state index contributed by atoms with van der Waals surface area (Å²) in [5.41, 5.74) is -0.924. The van der Waals surface area contributed by atoms with Crippen molar-refractivity contribution in [3.8, 4) is 5.82 Å². The minimum atomic E-state index is -3.57. The molecule has 0 aromatic carbocycles. The quantitative estimate of drug-likeness (QED) is 0.670. The summed E-state index contributed by atoms with van der Waals surface area (Å²) >= 11 is 0. The molecule has 2 aromatic heterocycles. The van der Waals surface area contributed by atoms with E-state index in [1.54, 1.807) is 0 Å². The van der Waals surface area contributed by atoms with Crippen molar-refractivity contribution in [1.29, 1.82) is 0 Å². The van der Waals surface area contributed by atoms with Crippen LogP contribution in [0.4, 0.5) is 8.78 Å². The van der Waals surface area contributed by atoms with E-state index in [1.165, 1.54) is 29.6 Å². The van der Waals surface area contributed by atoms with Crippen LogP contribution in [0.2, 0.25) is 0 Å². The summed E-state index contributed by atoms with van der Waals surface area (Å²) in [6.45, 7) is 1.79. The number of halogens is 2. The third-order valence-corrected chi connectivity index (χ3v) is 4.38. The maximum atomic E-state index is 15.0. The Labute approximate surface area is 157 Å².